The highest BCUT2D eigenvalue weighted by Gasteiger charge is 2.32. The summed E-state index contributed by atoms with van der Waals surface area (Å²) in [4.78, 5) is 0.324. The van der Waals surface area contributed by atoms with Gasteiger partial charge in [-0.15, -0.1) is 0 Å². The van der Waals surface area contributed by atoms with E-state index in [0.29, 0.717) is 35.9 Å². The van der Waals surface area contributed by atoms with Crippen molar-refractivity contribution in [1.82, 2.24) is 14.1 Å². The van der Waals surface area contributed by atoms with Crippen molar-refractivity contribution in [2.45, 2.75) is 59.0 Å². The maximum atomic E-state index is 13.0. The Labute approximate surface area is 128 Å². The summed E-state index contributed by atoms with van der Waals surface area (Å²) in [5.74, 6) is 0.266. The molecule has 2 N–H and O–H groups in total. The number of aryl methyl sites for hydroxylation is 1. The Hall–Kier alpha value is -0.920. The van der Waals surface area contributed by atoms with Gasteiger partial charge in [0.05, 0.1) is 17.9 Å². The fourth-order valence-electron chi connectivity index (χ4n) is 2.46. The Morgan fingerprint density at radius 2 is 1.81 bits per heavy atom. The topological polar surface area (TPSA) is 81.2 Å². The van der Waals surface area contributed by atoms with Crippen molar-refractivity contribution in [2.75, 3.05) is 13.1 Å². The molecular formula is C14H28N4O2S. The van der Waals surface area contributed by atoms with Gasteiger partial charge in [0.2, 0.25) is 10.0 Å². The molecular weight excluding hydrogens is 288 g/mol. The van der Waals surface area contributed by atoms with Gasteiger partial charge in [-0.3, -0.25) is 4.68 Å². The zero-order valence-electron chi connectivity index (χ0n) is 13.9. The highest BCUT2D eigenvalue weighted by Crippen LogP contribution is 2.25. The maximum absolute atomic E-state index is 13.0. The van der Waals surface area contributed by atoms with E-state index < -0.39 is 10.0 Å². The number of rotatable bonds is 7. The average molecular weight is 316 g/mol. The molecule has 0 fully saturated rings. The largest absolute Gasteiger partial charge is 0.329 e. The van der Waals surface area contributed by atoms with E-state index in [4.69, 9.17) is 5.73 Å². The maximum Gasteiger partial charge on any atom is 0.246 e. The molecule has 0 saturated heterocycles. The summed E-state index contributed by atoms with van der Waals surface area (Å²) >= 11 is 0. The smallest absolute Gasteiger partial charge is 0.246 e. The van der Waals surface area contributed by atoms with Gasteiger partial charge in [-0.25, -0.2) is 8.42 Å². The van der Waals surface area contributed by atoms with E-state index in [1.807, 2.05) is 27.7 Å². The van der Waals surface area contributed by atoms with Crippen LogP contribution in [0.2, 0.25) is 0 Å². The van der Waals surface area contributed by atoms with Crippen molar-refractivity contribution < 1.29 is 8.42 Å². The fourth-order valence-corrected chi connectivity index (χ4v) is 4.63. The molecule has 0 saturated carbocycles. The first-order chi connectivity index (χ1) is 9.62. The number of aromatic nitrogens is 2. The van der Waals surface area contributed by atoms with E-state index in [0.717, 1.165) is 0 Å². The fraction of sp³-hybridized carbons (Fsp3) is 0.786. The molecule has 0 bridgehead atoms. The lowest BCUT2D eigenvalue weighted by molar-refractivity contribution is 0.318. The standard InChI is InChI=1S/C14H28N4O2S/c1-10(2)9-18(11(3)4)21(19,20)14-12(5)16-17(8-7-15)13(14)6/h10-11H,7-9,15H2,1-6H3. The monoisotopic (exact) mass is 316 g/mol. The van der Waals surface area contributed by atoms with Crippen LogP contribution < -0.4 is 5.73 Å². The molecule has 0 aliphatic rings. The molecule has 122 valence electrons. The van der Waals surface area contributed by atoms with E-state index >= 15 is 0 Å². The second-order valence-electron chi connectivity index (χ2n) is 6.07. The van der Waals surface area contributed by atoms with Gasteiger partial charge in [0.25, 0.3) is 0 Å². The Balaban J connectivity index is 3.35. The Bertz CT molecular complexity index is 576. The van der Waals surface area contributed by atoms with Gasteiger partial charge in [-0.05, 0) is 33.6 Å². The van der Waals surface area contributed by atoms with Gasteiger partial charge in [-0.2, -0.15) is 9.40 Å². The first-order valence-corrected chi connectivity index (χ1v) is 8.82. The highest BCUT2D eigenvalue weighted by molar-refractivity contribution is 7.89. The lowest BCUT2D eigenvalue weighted by Crippen LogP contribution is -2.39. The molecule has 0 aliphatic carbocycles. The Morgan fingerprint density at radius 1 is 1.24 bits per heavy atom. The number of sulfonamides is 1. The number of hydrogen-bond acceptors (Lipinski definition) is 4. The minimum Gasteiger partial charge on any atom is -0.329 e. The third-order valence-electron chi connectivity index (χ3n) is 3.34. The molecule has 0 atom stereocenters. The average Bonchev–Trinajstić information content (AvgIpc) is 2.61. The highest BCUT2D eigenvalue weighted by atomic mass is 32.2. The molecule has 1 heterocycles. The van der Waals surface area contributed by atoms with E-state index in [1.165, 1.54) is 0 Å². The van der Waals surface area contributed by atoms with Crippen LogP contribution in [0.3, 0.4) is 0 Å². The van der Waals surface area contributed by atoms with Crippen molar-refractivity contribution in [2.24, 2.45) is 11.7 Å². The molecule has 0 aliphatic heterocycles. The van der Waals surface area contributed by atoms with Crippen LogP contribution in [-0.4, -0.2) is 41.6 Å². The predicted molar refractivity (Wildman–Crippen MR) is 84.6 cm³/mol. The van der Waals surface area contributed by atoms with Gasteiger partial charge < -0.3 is 5.73 Å². The number of nitrogens with zero attached hydrogens (tertiary/aromatic N) is 3. The van der Waals surface area contributed by atoms with Gasteiger partial charge in [0, 0.05) is 19.1 Å². The summed E-state index contributed by atoms with van der Waals surface area (Å²) in [6.45, 7) is 12.8. The normalized spacial score (nSPS) is 12.9. The third-order valence-corrected chi connectivity index (χ3v) is 5.64. The molecule has 6 nitrogen and oxygen atoms in total. The van der Waals surface area contributed by atoms with Crippen LogP contribution in [0.5, 0.6) is 0 Å². The molecule has 0 radical (unpaired) electrons. The molecule has 21 heavy (non-hydrogen) atoms. The van der Waals surface area contributed by atoms with Crippen LogP contribution in [0.15, 0.2) is 4.90 Å². The second kappa shape index (κ2) is 6.89. The zero-order chi connectivity index (χ0) is 16.4. The quantitative estimate of drug-likeness (QED) is 0.827. The van der Waals surface area contributed by atoms with E-state index in [2.05, 4.69) is 5.10 Å². The zero-order valence-corrected chi connectivity index (χ0v) is 14.7. The molecule has 0 spiro atoms. The lowest BCUT2D eigenvalue weighted by atomic mass is 10.2. The summed E-state index contributed by atoms with van der Waals surface area (Å²) in [6.07, 6.45) is 0. The molecule has 1 aromatic rings. The van der Waals surface area contributed by atoms with Crippen molar-refractivity contribution in [3.8, 4) is 0 Å². The first kappa shape index (κ1) is 18.1. The van der Waals surface area contributed by atoms with Crippen molar-refractivity contribution in [3.05, 3.63) is 11.4 Å². The molecule has 0 amide bonds. The first-order valence-electron chi connectivity index (χ1n) is 7.38. The minimum absolute atomic E-state index is 0.0888. The van der Waals surface area contributed by atoms with Crippen molar-refractivity contribution in [1.29, 1.82) is 0 Å². The van der Waals surface area contributed by atoms with Crippen LogP contribution in [-0.2, 0) is 16.6 Å². The van der Waals surface area contributed by atoms with Gasteiger partial charge in [0.1, 0.15) is 4.90 Å². The van der Waals surface area contributed by atoms with Gasteiger partial charge >= 0.3 is 0 Å². The molecule has 1 rings (SSSR count). The van der Waals surface area contributed by atoms with Crippen LogP contribution in [0.25, 0.3) is 0 Å². The van der Waals surface area contributed by atoms with E-state index in [-0.39, 0.29) is 12.0 Å². The van der Waals surface area contributed by atoms with Gasteiger partial charge in [0.15, 0.2) is 0 Å². The van der Waals surface area contributed by atoms with Crippen molar-refractivity contribution >= 4 is 10.0 Å². The summed E-state index contributed by atoms with van der Waals surface area (Å²) < 4.78 is 29.3. The lowest BCUT2D eigenvalue weighted by Gasteiger charge is -2.27. The third kappa shape index (κ3) is 3.84. The van der Waals surface area contributed by atoms with Crippen LogP contribution in [0.1, 0.15) is 39.1 Å². The Kier molecular flexibility index (Phi) is 5.95. The minimum atomic E-state index is -3.55. The van der Waals surface area contributed by atoms with Crippen LogP contribution >= 0.6 is 0 Å². The van der Waals surface area contributed by atoms with E-state index in [1.54, 1.807) is 22.8 Å². The van der Waals surface area contributed by atoms with Crippen LogP contribution in [0, 0.1) is 19.8 Å². The molecule has 0 unspecified atom stereocenters. The van der Waals surface area contributed by atoms with Crippen molar-refractivity contribution in [3.63, 3.8) is 0 Å². The van der Waals surface area contributed by atoms with E-state index in [9.17, 15) is 8.42 Å². The molecule has 7 heteroatoms. The second-order valence-corrected chi connectivity index (χ2v) is 7.90. The number of nitrogens with two attached hydrogens (primary N) is 1. The van der Waals surface area contributed by atoms with Crippen LogP contribution in [0.4, 0.5) is 0 Å². The number of hydrogen-bond donors (Lipinski definition) is 1. The summed E-state index contributed by atoms with van der Waals surface area (Å²) in [5, 5.41) is 4.32. The Morgan fingerprint density at radius 3 is 2.24 bits per heavy atom. The predicted octanol–water partition coefficient (Wildman–Crippen LogP) is 1.51. The SMILES string of the molecule is Cc1nn(CCN)c(C)c1S(=O)(=O)N(CC(C)C)C(C)C. The summed E-state index contributed by atoms with van der Waals surface area (Å²) in [6, 6.07) is -0.0888. The van der Waals surface area contributed by atoms with Gasteiger partial charge in [-0.1, -0.05) is 13.8 Å². The summed E-state index contributed by atoms with van der Waals surface area (Å²) in [5.41, 5.74) is 6.75. The molecule has 1 aromatic heterocycles. The summed E-state index contributed by atoms with van der Waals surface area (Å²) in [7, 11) is -3.55. The molecule has 0 aromatic carbocycles.